The molecule has 0 aliphatic carbocycles. The number of pyridine rings is 2. The molecule has 0 bridgehead atoms. The van der Waals surface area contributed by atoms with E-state index in [-0.39, 0.29) is 20.1 Å². The Balaban J connectivity index is 0.000000265. The van der Waals surface area contributed by atoms with Crippen LogP contribution >= 0.6 is 0 Å². The van der Waals surface area contributed by atoms with Gasteiger partial charge in [0.15, 0.2) is 0 Å². The largest absolute Gasteiger partial charge is 0.305 e. The summed E-state index contributed by atoms with van der Waals surface area (Å²) in [5, 5.41) is 2.20. The zero-order chi connectivity index (χ0) is 34.1. The Morgan fingerprint density at radius 2 is 1.43 bits per heavy atom. The number of hydrogen-bond donors (Lipinski definition) is 0. The van der Waals surface area contributed by atoms with Crippen molar-refractivity contribution in [1.29, 1.82) is 0 Å². The van der Waals surface area contributed by atoms with Gasteiger partial charge >= 0.3 is 194 Å². The Morgan fingerprint density at radius 1 is 0.667 bits per heavy atom. The van der Waals surface area contributed by atoms with Crippen LogP contribution in [-0.2, 0) is 20.1 Å². The molecule has 0 aliphatic rings. The molecule has 7 heteroatoms. The van der Waals surface area contributed by atoms with E-state index in [4.69, 9.17) is 14.4 Å². The van der Waals surface area contributed by atoms with Crippen LogP contribution in [0.25, 0.3) is 72.6 Å². The zero-order valence-electron chi connectivity index (χ0n) is 28.5. The van der Waals surface area contributed by atoms with Crippen molar-refractivity contribution in [3.8, 4) is 39.5 Å². The Morgan fingerprint density at radius 3 is 2.16 bits per heavy atom. The molecule has 4 aromatic heterocycles. The monoisotopic (exact) mass is 901 g/mol. The van der Waals surface area contributed by atoms with E-state index >= 15 is 0 Å². The predicted molar refractivity (Wildman–Crippen MR) is 207 cm³/mol. The number of para-hydroxylation sites is 1. The molecule has 4 heterocycles. The van der Waals surface area contributed by atoms with E-state index in [2.05, 4.69) is 93.5 Å². The first-order chi connectivity index (χ1) is 24.4. The number of imidazole rings is 1. The van der Waals surface area contributed by atoms with E-state index in [1.54, 1.807) is 6.20 Å². The molecule has 0 atom stereocenters. The van der Waals surface area contributed by atoms with Crippen molar-refractivity contribution in [2.24, 2.45) is 0 Å². The van der Waals surface area contributed by atoms with E-state index in [1.807, 2.05) is 91.1 Å². The third-order valence-corrected chi connectivity index (χ3v) is 13.1. The minimum atomic E-state index is -2.01. The SMILES string of the molecule is [CH3][Ge]([CH3])([CH3])[c]1ccc2c(c1)oc1c(-c3nc4ncc(-c5ccccc5)cc4n3-c3ccccc3)[c-]ccc12.[Ir].[c-]1ccccc1-c1ccccn1. The van der Waals surface area contributed by atoms with Crippen molar-refractivity contribution in [3.05, 3.63) is 164 Å². The van der Waals surface area contributed by atoms with Gasteiger partial charge in [-0.1, -0.05) is 42.5 Å². The molecule has 5 aromatic carbocycles. The molecule has 0 spiro atoms. The summed E-state index contributed by atoms with van der Waals surface area (Å²) >= 11 is -2.01. The predicted octanol–water partition coefficient (Wildman–Crippen LogP) is 10.5. The second kappa shape index (κ2) is 14.6. The second-order valence-electron chi connectivity index (χ2n) is 13.2. The van der Waals surface area contributed by atoms with Crippen LogP contribution in [0.2, 0.25) is 17.3 Å². The smallest absolute Gasteiger partial charge is 0.0160 e. The van der Waals surface area contributed by atoms with E-state index < -0.39 is 13.3 Å². The summed E-state index contributed by atoms with van der Waals surface area (Å²) in [4.78, 5) is 14.0. The van der Waals surface area contributed by atoms with Gasteiger partial charge in [-0.15, -0.1) is 35.9 Å². The fourth-order valence-electron chi connectivity index (χ4n) is 6.20. The third kappa shape index (κ3) is 6.95. The number of hydrogen-bond acceptors (Lipinski definition) is 4. The van der Waals surface area contributed by atoms with Crippen molar-refractivity contribution in [2.45, 2.75) is 17.3 Å². The summed E-state index contributed by atoms with van der Waals surface area (Å²) in [5.74, 6) is 7.98. The van der Waals surface area contributed by atoms with Gasteiger partial charge in [-0.05, 0) is 11.8 Å². The van der Waals surface area contributed by atoms with Crippen LogP contribution in [0.5, 0.6) is 0 Å². The first kappa shape index (κ1) is 34.3. The minimum Gasteiger partial charge on any atom is -0.305 e. The molecule has 0 unspecified atom stereocenters. The summed E-state index contributed by atoms with van der Waals surface area (Å²) in [6.45, 7) is 0. The molecule has 251 valence electrons. The van der Waals surface area contributed by atoms with Crippen molar-refractivity contribution in [3.63, 3.8) is 0 Å². The van der Waals surface area contributed by atoms with Crippen LogP contribution in [0.3, 0.4) is 0 Å². The Labute approximate surface area is 313 Å². The number of aromatic nitrogens is 4. The maximum absolute atomic E-state index is 6.58. The maximum atomic E-state index is 6.58. The number of benzene rings is 5. The molecular formula is C44H34GeIrN4O-2. The van der Waals surface area contributed by atoms with Crippen LogP contribution in [0, 0.1) is 12.1 Å². The van der Waals surface area contributed by atoms with E-state index in [1.165, 1.54) is 4.40 Å². The molecule has 0 aliphatic heterocycles. The number of rotatable bonds is 5. The molecule has 0 N–H and O–H groups in total. The summed E-state index contributed by atoms with van der Waals surface area (Å²) in [6.07, 6.45) is 3.69. The molecular weight excluding hydrogens is 865 g/mol. The van der Waals surface area contributed by atoms with Gasteiger partial charge in [-0.25, -0.2) is 0 Å². The third-order valence-electron chi connectivity index (χ3n) is 8.81. The molecule has 5 nitrogen and oxygen atoms in total. The minimum absolute atomic E-state index is 0. The van der Waals surface area contributed by atoms with Gasteiger partial charge in [0.05, 0.1) is 0 Å². The molecule has 0 fully saturated rings. The quantitative estimate of drug-likeness (QED) is 0.128. The molecule has 0 amide bonds. The second-order valence-corrected chi connectivity index (χ2v) is 23.8. The first-order valence-electron chi connectivity index (χ1n) is 16.7. The summed E-state index contributed by atoms with van der Waals surface area (Å²) in [5.41, 5.74) is 9.38. The Kier molecular flexibility index (Phi) is 9.83. The molecule has 1 radical (unpaired) electrons. The van der Waals surface area contributed by atoms with Crippen molar-refractivity contribution in [2.75, 3.05) is 0 Å². The summed E-state index contributed by atoms with van der Waals surface area (Å²) < 4.78 is 10.2. The van der Waals surface area contributed by atoms with Gasteiger partial charge in [0.1, 0.15) is 0 Å². The zero-order valence-corrected chi connectivity index (χ0v) is 33.0. The molecule has 9 rings (SSSR count). The van der Waals surface area contributed by atoms with E-state index in [0.29, 0.717) is 5.65 Å². The van der Waals surface area contributed by atoms with Crippen LogP contribution in [0.1, 0.15) is 0 Å². The van der Waals surface area contributed by atoms with Crippen molar-refractivity contribution < 1.29 is 24.5 Å². The first-order valence-corrected chi connectivity index (χ1v) is 24.0. The normalized spacial score (nSPS) is 11.3. The van der Waals surface area contributed by atoms with Crippen LogP contribution in [-0.4, -0.2) is 32.8 Å². The average Bonchev–Trinajstić information content (AvgIpc) is 3.74. The number of nitrogens with zero attached hydrogens (tertiary/aromatic N) is 4. The Bertz CT molecular complexity index is 2530. The standard InChI is InChI=1S/C33H26GeN3O.C11H8N.Ir/c1-34(2,3)24-17-18-26-27-15-10-16-28(31(27)38-30(26)20-24)33-36-32-29(37(33)25-13-8-5-9-14-25)19-23(21-35-32)22-11-6-4-7-12-22;1-2-6-10(7-3-1)11-8-4-5-9-12-11;/h4-15,17-21H,1-3H3;1-6,8-9H;/q2*-1;. The van der Waals surface area contributed by atoms with Crippen LogP contribution in [0.15, 0.2) is 156 Å². The van der Waals surface area contributed by atoms with E-state index in [0.717, 1.165) is 66.9 Å². The van der Waals surface area contributed by atoms with Crippen LogP contribution < -0.4 is 4.40 Å². The van der Waals surface area contributed by atoms with Crippen molar-refractivity contribution >= 4 is 50.8 Å². The maximum Gasteiger partial charge on any atom is 0.0160 e. The van der Waals surface area contributed by atoms with Crippen LogP contribution in [0.4, 0.5) is 0 Å². The van der Waals surface area contributed by atoms with Gasteiger partial charge in [-0.2, -0.15) is 0 Å². The van der Waals surface area contributed by atoms with Gasteiger partial charge in [0, 0.05) is 26.3 Å². The Hall–Kier alpha value is -5.14. The summed E-state index contributed by atoms with van der Waals surface area (Å²) in [6, 6.07) is 53.9. The molecule has 51 heavy (non-hydrogen) atoms. The molecule has 9 aromatic rings. The van der Waals surface area contributed by atoms with Crippen molar-refractivity contribution in [1.82, 2.24) is 19.5 Å². The van der Waals surface area contributed by atoms with E-state index in [9.17, 15) is 0 Å². The van der Waals surface area contributed by atoms with Gasteiger partial charge in [0.2, 0.25) is 0 Å². The summed E-state index contributed by atoms with van der Waals surface area (Å²) in [7, 11) is 0. The van der Waals surface area contributed by atoms with Gasteiger partial charge < -0.3 is 4.98 Å². The number of fused-ring (bicyclic) bond motifs is 4. The average molecular weight is 900 g/mol. The topological polar surface area (TPSA) is 56.7 Å². The molecule has 0 saturated heterocycles. The van der Waals surface area contributed by atoms with Gasteiger partial charge in [0.25, 0.3) is 0 Å². The number of furan rings is 1. The molecule has 0 saturated carbocycles. The van der Waals surface area contributed by atoms with Gasteiger partial charge in [-0.3, -0.25) is 0 Å². The fraction of sp³-hybridized carbons (Fsp3) is 0.0682. The fourth-order valence-corrected chi connectivity index (χ4v) is 8.61.